The lowest BCUT2D eigenvalue weighted by atomic mass is 9.87. The number of carbonyl (C=O) groups excluding carboxylic acids is 2. The smallest absolute Gasteiger partial charge is 0.323 e. The van der Waals surface area contributed by atoms with E-state index in [9.17, 15) is 9.59 Å². The van der Waals surface area contributed by atoms with Gasteiger partial charge >= 0.3 is 6.03 Å². The Morgan fingerprint density at radius 3 is 2.38 bits per heavy atom. The van der Waals surface area contributed by atoms with Crippen LogP contribution >= 0.6 is 0 Å². The predicted octanol–water partition coefficient (Wildman–Crippen LogP) is 0.968. The fraction of sp³-hybridized carbons (Fsp3) is 0.412. The van der Waals surface area contributed by atoms with Gasteiger partial charge in [0.15, 0.2) is 0 Å². The predicted molar refractivity (Wildman–Crippen MR) is 84.3 cm³/mol. The minimum Gasteiger partial charge on any atom is -0.323 e. The molecular formula is C17H17N5O2. The monoisotopic (exact) mass is 323 g/mol. The van der Waals surface area contributed by atoms with Gasteiger partial charge in [-0.3, -0.25) is 9.69 Å². The first-order valence-corrected chi connectivity index (χ1v) is 7.80. The molecule has 1 spiro atoms. The van der Waals surface area contributed by atoms with E-state index in [0.717, 1.165) is 17.0 Å². The van der Waals surface area contributed by atoms with Crippen molar-refractivity contribution in [2.75, 3.05) is 19.6 Å². The first kappa shape index (κ1) is 16.0. The zero-order valence-corrected chi connectivity index (χ0v) is 13.2. The summed E-state index contributed by atoms with van der Waals surface area (Å²) in [6.07, 6.45) is 1.07. The SMILES string of the molecule is N#CCN1C(=O)NC2(CCN(Cc3ccc(C#N)cc3)CC2)C1=O. The summed E-state index contributed by atoms with van der Waals surface area (Å²) < 4.78 is 0. The zero-order valence-electron chi connectivity index (χ0n) is 13.2. The van der Waals surface area contributed by atoms with Gasteiger partial charge in [-0.2, -0.15) is 10.5 Å². The molecule has 2 saturated heterocycles. The minimum atomic E-state index is -0.852. The van der Waals surface area contributed by atoms with Gasteiger partial charge in [0.25, 0.3) is 5.91 Å². The molecule has 2 aliphatic heterocycles. The molecule has 7 nitrogen and oxygen atoms in total. The van der Waals surface area contributed by atoms with Crippen molar-refractivity contribution in [1.82, 2.24) is 15.1 Å². The van der Waals surface area contributed by atoms with Crippen LogP contribution in [0.3, 0.4) is 0 Å². The molecule has 3 amide bonds. The zero-order chi connectivity index (χ0) is 17.2. The van der Waals surface area contributed by atoms with Gasteiger partial charge in [0, 0.05) is 19.6 Å². The highest BCUT2D eigenvalue weighted by molar-refractivity contribution is 6.07. The maximum absolute atomic E-state index is 12.5. The number of nitrogens with zero attached hydrogens (tertiary/aromatic N) is 4. The number of benzene rings is 1. The normalized spacial score (nSPS) is 19.8. The molecule has 122 valence electrons. The number of imide groups is 1. The van der Waals surface area contributed by atoms with Crippen LogP contribution < -0.4 is 5.32 Å². The molecule has 0 aliphatic carbocycles. The van der Waals surface area contributed by atoms with E-state index in [2.05, 4.69) is 16.3 Å². The van der Waals surface area contributed by atoms with Gasteiger partial charge in [-0.05, 0) is 30.5 Å². The van der Waals surface area contributed by atoms with E-state index in [1.165, 1.54) is 0 Å². The van der Waals surface area contributed by atoms with E-state index in [0.29, 0.717) is 31.5 Å². The van der Waals surface area contributed by atoms with Gasteiger partial charge in [-0.25, -0.2) is 9.69 Å². The Morgan fingerprint density at radius 2 is 1.79 bits per heavy atom. The lowest BCUT2D eigenvalue weighted by Gasteiger charge is -2.37. The van der Waals surface area contributed by atoms with E-state index in [4.69, 9.17) is 10.5 Å². The van der Waals surface area contributed by atoms with Crippen molar-refractivity contribution in [3.63, 3.8) is 0 Å². The molecule has 0 saturated carbocycles. The second kappa shape index (κ2) is 6.31. The summed E-state index contributed by atoms with van der Waals surface area (Å²) in [5.41, 5.74) is 0.890. The number of hydrogen-bond donors (Lipinski definition) is 1. The Labute approximate surface area is 140 Å². The molecule has 2 aliphatic rings. The van der Waals surface area contributed by atoms with Crippen molar-refractivity contribution in [3.05, 3.63) is 35.4 Å². The Balaban J connectivity index is 1.61. The average molecular weight is 323 g/mol. The average Bonchev–Trinajstić information content (AvgIpc) is 2.82. The van der Waals surface area contributed by atoms with Gasteiger partial charge in [-0.15, -0.1) is 0 Å². The molecule has 0 aromatic heterocycles. The number of nitrogens with one attached hydrogen (secondary N) is 1. The maximum Gasteiger partial charge on any atom is 0.325 e. The lowest BCUT2D eigenvalue weighted by Crippen LogP contribution is -2.54. The standard InChI is InChI=1S/C17H17N5O2/c18-7-10-22-15(23)17(20-16(22)24)5-8-21(9-6-17)12-14-3-1-13(11-19)2-4-14/h1-4H,5-6,8-10,12H2,(H,20,24). The first-order valence-electron chi connectivity index (χ1n) is 7.80. The van der Waals surface area contributed by atoms with Gasteiger partial charge < -0.3 is 5.32 Å². The lowest BCUT2D eigenvalue weighted by molar-refractivity contribution is -0.132. The number of urea groups is 1. The van der Waals surface area contributed by atoms with Crippen LogP contribution in [0.15, 0.2) is 24.3 Å². The molecule has 0 bridgehead atoms. The number of amides is 3. The van der Waals surface area contributed by atoms with Gasteiger partial charge in [-0.1, -0.05) is 12.1 Å². The second-order valence-electron chi connectivity index (χ2n) is 6.15. The number of hydrogen-bond acceptors (Lipinski definition) is 5. The summed E-state index contributed by atoms with van der Waals surface area (Å²) in [6, 6.07) is 10.9. The van der Waals surface area contributed by atoms with Crippen molar-refractivity contribution < 1.29 is 9.59 Å². The highest BCUT2D eigenvalue weighted by Crippen LogP contribution is 2.29. The topological polar surface area (TPSA) is 100 Å². The third kappa shape index (κ3) is 2.82. The Hall–Kier alpha value is -2.90. The maximum atomic E-state index is 12.5. The minimum absolute atomic E-state index is 0.207. The van der Waals surface area contributed by atoms with Crippen molar-refractivity contribution in [2.45, 2.75) is 24.9 Å². The number of likely N-dealkylation sites (tertiary alicyclic amines) is 1. The molecular weight excluding hydrogens is 306 g/mol. The number of nitriles is 2. The van der Waals surface area contributed by atoms with E-state index in [1.807, 2.05) is 18.2 Å². The molecule has 0 radical (unpaired) electrons. The molecule has 0 atom stereocenters. The molecule has 2 heterocycles. The molecule has 1 aromatic rings. The third-order valence-corrected chi connectivity index (χ3v) is 4.67. The number of rotatable bonds is 3. The van der Waals surface area contributed by atoms with Crippen LogP contribution in [-0.2, 0) is 11.3 Å². The number of carbonyl (C=O) groups is 2. The number of piperidine rings is 1. The van der Waals surface area contributed by atoms with Gasteiger partial charge in [0.05, 0.1) is 17.7 Å². The Morgan fingerprint density at radius 1 is 1.12 bits per heavy atom. The van der Waals surface area contributed by atoms with Crippen molar-refractivity contribution in [1.29, 1.82) is 10.5 Å². The molecule has 0 unspecified atom stereocenters. The van der Waals surface area contributed by atoms with Gasteiger partial charge in [0.2, 0.25) is 0 Å². The van der Waals surface area contributed by atoms with Crippen LogP contribution in [0.4, 0.5) is 4.79 Å². The van der Waals surface area contributed by atoms with Crippen LogP contribution in [0.25, 0.3) is 0 Å². The summed E-state index contributed by atoms with van der Waals surface area (Å²) in [5.74, 6) is -0.285. The van der Waals surface area contributed by atoms with Crippen LogP contribution in [-0.4, -0.2) is 46.9 Å². The fourth-order valence-corrected chi connectivity index (χ4v) is 3.27. The van der Waals surface area contributed by atoms with Crippen molar-refractivity contribution in [3.8, 4) is 12.1 Å². The van der Waals surface area contributed by atoms with E-state index in [-0.39, 0.29) is 12.5 Å². The second-order valence-corrected chi connectivity index (χ2v) is 6.15. The van der Waals surface area contributed by atoms with E-state index in [1.54, 1.807) is 12.1 Å². The summed E-state index contributed by atoms with van der Waals surface area (Å²) >= 11 is 0. The molecule has 7 heteroatoms. The highest BCUT2D eigenvalue weighted by atomic mass is 16.2. The van der Waals surface area contributed by atoms with Crippen molar-refractivity contribution >= 4 is 11.9 Å². The quantitative estimate of drug-likeness (QED) is 0.660. The molecule has 1 N–H and O–H groups in total. The van der Waals surface area contributed by atoms with E-state index < -0.39 is 11.6 Å². The van der Waals surface area contributed by atoms with E-state index >= 15 is 0 Å². The van der Waals surface area contributed by atoms with Crippen molar-refractivity contribution in [2.24, 2.45) is 0 Å². The summed E-state index contributed by atoms with van der Waals surface area (Å²) in [5, 5.41) is 20.3. The molecule has 2 fully saturated rings. The largest absolute Gasteiger partial charge is 0.325 e. The summed E-state index contributed by atoms with van der Waals surface area (Å²) in [6.45, 7) is 1.91. The Bertz CT molecular complexity index is 736. The fourth-order valence-electron chi connectivity index (χ4n) is 3.27. The molecule has 1 aromatic carbocycles. The van der Waals surface area contributed by atoms with Crippen LogP contribution in [0, 0.1) is 22.7 Å². The first-order chi connectivity index (χ1) is 11.6. The third-order valence-electron chi connectivity index (χ3n) is 4.67. The van der Waals surface area contributed by atoms with Crippen LogP contribution in [0.2, 0.25) is 0 Å². The summed E-state index contributed by atoms with van der Waals surface area (Å²) in [7, 11) is 0. The summed E-state index contributed by atoms with van der Waals surface area (Å²) in [4.78, 5) is 27.6. The molecule has 3 rings (SSSR count). The van der Waals surface area contributed by atoms with Gasteiger partial charge in [0.1, 0.15) is 12.1 Å². The Kier molecular flexibility index (Phi) is 4.20. The molecule has 24 heavy (non-hydrogen) atoms. The highest BCUT2D eigenvalue weighted by Gasteiger charge is 2.52. The van der Waals surface area contributed by atoms with Crippen LogP contribution in [0.5, 0.6) is 0 Å². The van der Waals surface area contributed by atoms with Crippen LogP contribution in [0.1, 0.15) is 24.0 Å².